The minimum absolute atomic E-state index is 0.0107. The number of ether oxygens (including phenoxy) is 1. The quantitative estimate of drug-likeness (QED) is 0.134. The van der Waals surface area contributed by atoms with Crippen LogP contribution in [0.15, 0.2) is 54.6 Å². The van der Waals surface area contributed by atoms with E-state index in [1.807, 2.05) is 6.07 Å². The molecule has 0 aliphatic rings. The van der Waals surface area contributed by atoms with Crippen molar-refractivity contribution in [3.05, 3.63) is 71.5 Å². The topological polar surface area (TPSA) is 95.5 Å². The van der Waals surface area contributed by atoms with Crippen LogP contribution in [0.1, 0.15) is 90.2 Å². The third-order valence-electron chi connectivity index (χ3n) is 7.31. The number of carbonyl (C=O) groups is 1. The molecule has 0 saturated carbocycles. The highest BCUT2D eigenvalue weighted by Gasteiger charge is 2.24. The fourth-order valence-electron chi connectivity index (χ4n) is 4.90. The zero-order valence-corrected chi connectivity index (χ0v) is 27.0. The van der Waals surface area contributed by atoms with Crippen molar-refractivity contribution < 1.29 is 31.4 Å². The van der Waals surface area contributed by atoms with E-state index in [-0.39, 0.29) is 18.6 Å². The predicted octanol–water partition coefficient (Wildman–Crippen LogP) is 7.21. The molecule has 0 saturated heterocycles. The smallest absolute Gasteiger partial charge is 0.407 e. The van der Waals surface area contributed by atoms with E-state index in [1.165, 1.54) is 100 Å². The second-order valence-corrected chi connectivity index (χ2v) is 12.5. The Labute approximate surface area is 254 Å². The summed E-state index contributed by atoms with van der Waals surface area (Å²) in [5.41, 5.74) is 0.944. The zero-order chi connectivity index (χ0) is 31.3. The van der Waals surface area contributed by atoms with Gasteiger partial charge in [0, 0.05) is 6.04 Å². The first-order valence-corrected chi connectivity index (χ1v) is 17.1. The lowest BCUT2D eigenvalue weighted by molar-refractivity contribution is -0.929. The lowest BCUT2D eigenvalue weighted by Crippen LogP contribution is -2.50. The highest BCUT2D eigenvalue weighted by molar-refractivity contribution is 7.85. The summed E-state index contributed by atoms with van der Waals surface area (Å²) in [4.78, 5) is 11.9. The second-order valence-electron chi connectivity index (χ2n) is 11.1. The van der Waals surface area contributed by atoms with E-state index < -0.39 is 33.8 Å². The van der Waals surface area contributed by atoms with Crippen LogP contribution in [0.3, 0.4) is 0 Å². The van der Waals surface area contributed by atoms with Gasteiger partial charge in [-0.05, 0) is 49.3 Å². The molecule has 0 aliphatic heterocycles. The Hall–Kier alpha value is -2.49. The van der Waals surface area contributed by atoms with Crippen molar-refractivity contribution >= 4 is 16.2 Å². The van der Waals surface area contributed by atoms with Crippen LogP contribution >= 0.6 is 0 Å². The van der Waals surface area contributed by atoms with Gasteiger partial charge in [0.15, 0.2) is 0 Å². The van der Waals surface area contributed by atoms with Crippen LogP contribution in [0.25, 0.3) is 0 Å². The van der Waals surface area contributed by atoms with Gasteiger partial charge in [-0.15, -0.1) is 0 Å². The average Bonchev–Trinajstić information content (AvgIpc) is 2.96. The molecule has 0 bridgehead atoms. The number of halogens is 1. The summed E-state index contributed by atoms with van der Waals surface area (Å²) < 4.78 is 53.2. The molecule has 1 atom stereocenters. The van der Waals surface area contributed by atoms with Gasteiger partial charge in [-0.25, -0.2) is 17.6 Å². The first-order chi connectivity index (χ1) is 20.1. The molecule has 0 heterocycles. The maximum atomic E-state index is 13.7. The van der Waals surface area contributed by atoms with Crippen molar-refractivity contribution in [3.63, 3.8) is 0 Å². The Morgan fingerprint density at radius 3 is 1.76 bits per heavy atom. The third kappa shape index (κ3) is 16.8. The number of benzene rings is 2. The molecule has 1 amide bonds. The molecule has 2 aromatic rings. The molecule has 2 aromatic carbocycles. The van der Waals surface area contributed by atoms with E-state index in [1.54, 1.807) is 30.3 Å². The SMILES string of the molecule is CCCC[N+](CCCC)(CCCC)CCCC.O=C(N[C@H](Cc1ccccc1F)CS(=O)(=O)[O-])OCc1ccccc1. The number of alkyl carbamates (subject to hydrolysis) is 1. The molecule has 42 heavy (non-hydrogen) atoms. The molecular formula is C33H53FN2O5S. The molecule has 0 fully saturated rings. The van der Waals surface area contributed by atoms with Crippen LogP contribution in [-0.4, -0.2) is 61.5 Å². The molecule has 1 N–H and O–H groups in total. The Morgan fingerprint density at radius 2 is 1.31 bits per heavy atom. The number of unbranched alkanes of at least 4 members (excludes halogenated alkanes) is 4. The summed E-state index contributed by atoms with van der Waals surface area (Å²) in [6.07, 6.45) is 10.0. The van der Waals surface area contributed by atoms with Crippen LogP contribution in [0.5, 0.6) is 0 Å². The Bertz CT molecular complexity index is 1060. The van der Waals surface area contributed by atoms with Crippen LogP contribution in [0.2, 0.25) is 0 Å². The number of nitrogens with one attached hydrogen (secondary N) is 1. The van der Waals surface area contributed by atoms with Gasteiger partial charge in [0.05, 0.1) is 42.1 Å². The summed E-state index contributed by atoms with van der Waals surface area (Å²) in [5, 5.41) is 2.31. The van der Waals surface area contributed by atoms with Gasteiger partial charge in [0.1, 0.15) is 12.4 Å². The average molecular weight is 609 g/mol. The van der Waals surface area contributed by atoms with Gasteiger partial charge in [0.25, 0.3) is 0 Å². The van der Waals surface area contributed by atoms with Crippen LogP contribution < -0.4 is 5.32 Å². The summed E-state index contributed by atoms with van der Waals surface area (Å²) in [7, 11) is -4.61. The summed E-state index contributed by atoms with van der Waals surface area (Å²) in [6, 6.07) is 13.5. The molecule has 9 heteroatoms. The monoisotopic (exact) mass is 608 g/mol. The number of quaternary nitrogens is 1. The summed E-state index contributed by atoms with van der Waals surface area (Å²) in [6.45, 7) is 15.0. The van der Waals surface area contributed by atoms with Crippen molar-refractivity contribution in [3.8, 4) is 0 Å². The van der Waals surface area contributed by atoms with Crippen molar-refractivity contribution in [1.29, 1.82) is 0 Å². The Balaban J connectivity index is 0.000000456. The fourth-order valence-corrected chi connectivity index (χ4v) is 5.60. The van der Waals surface area contributed by atoms with Gasteiger partial charge < -0.3 is 19.1 Å². The molecule has 0 unspecified atom stereocenters. The fraction of sp³-hybridized carbons (Fsp3) is 0.606. The van der Waals surface area contributed by atoms with Crippen LogP contribution in [-0.2, 0) is 27.9 Å². The minimum Gasteiger partial charge on any atom is -0.748 e. The van der Waals surface area contributed by atoms with Gasteiger partial charge in [0.2, 0.25) is 0 Å². The molecule has 0 radical (unpaired) electrons. The number of amides is 1. The predicted molar refractivity (Wildman–Crippen MR) is 168 cm³/mol. The molecular weight excluding hydrogens is 555 g/mol. The first kappa shape index (κ1) is 37.5. The normalized spacial score (nSPS) is 12.2. The molecule has 2 rings (SSSR count). The molecule has 7 nitrogen and oxygen atoms in total. The van der Waals surface area contributed by atoms with Crippen molar-refractivity contribution in [2.45, 2.75) is 98.1 Å². The van der Waals surface area contributed by atoms with Crippen LogP contribution in [0, 0.1) is 5.82 Å². The van der Waals surface area contributed by atoms with E-state index >= 15 is 0 Å². The van der Waals surface area contributed by atoms with E-state index in [4.69, 9.17) is 4.74 Å². The lowest BCUT2D eigenvalue weighted by atomic mass is 10.1. The largest absolute Gasteiger partial charge is 0.748 e. The Morgan fingerprint density at radius 1 is 0.833 bits per heavy atom. The number of hydrogen-bond acceptors (Lipinski definition) is 5. The summed E-state index contributed by atoms with van der Waals surface area (Å²) >= 11 is 0. The van der Waals surface area contributed by atoms with Gasteiger partial charge in [-0.3, -0.25) is 0 Å². The maximum Gasteiger partial charge on any atom is 0.407 e. The molecule has 238 valence electrons. The highest BCUT2D eigenvalue weighted by Crippen LogP contribution is 2.16. The van der Waals surface area contributed by atoms with E-state index in [0.717, 1.165) is 5.56 Å². The third-order valence-corrected chi connectivity index (χ3v) is 8.12. The van der Waals surface area contributed by atoms with Crippen molar-refractivity contribution in [2.75, 3.05) is 31.9 Å². The maximum absolute atomic E-state index is 13.7. The number of carbonyl (C=O) groups excluding carboxylic acids is 1. The number of hydrogen-bond donors (Lipinski definition) is 1. The highest BCUT2D eigenvalue weighted by atomic mass is 32.2. The lowest BCUT2D eigenvalue weighted by Gasteiger charge is -2.39. The van der Waals surface area contributed by atoms with Crippen molar-refractivity contribution in [2.24, 2.45) is 0 Å². The summed E-state index contributed by atoms with van der Waals surface area (Å²) in [5.74, 6) is -1.41. The van der Waals surface area contributed by atoms with Gasteiger partial charge >= 0.3 is 6.09 Å². The van der Waals surface area contributed by atoms with Gasteiger partial charge in [-0.1, -0.05) is 102 Å². The van der Waals surface area contributed by atoms with E-state index in [0.29, 0.717) is 0 Å². The minimum atomic E-state index is -4.61. The first-order valence-electron chi connectivity index (χ1n) is 15.6. The molecule has 0 aliphatic carbocycles. The number of nitrogens with zero attached hydrogens (tertiary/aromatic N) is 1. The second kappa shape index (κ2) is 21.2. The van der Waals surface area contributed by atoms with E-state index in [9.17, 15) is 22.2 Å². The number of rotatable bonds is 19. The van der Waals surface area contributed by atoms with E-state index in [2.05, 4.69) is 33.0 Å². The molecule has 0 spiro atoms. The zero-order valence-electron chi connectivity index (χ0n) is 26.2. The Kier molecular flexibility index (Phi) is 19.0. The van der Waals surface area contributed by atoms with Crippen molar-refractivity contribution in [1.82, 2.24) is 5.32 Å². The van der Waals surface area contributed by atoms with Crippen LogP contribution in [0.4, 0.5) is 9.18 Å². The van der Waals surface area contributed by atoms with Gasteiger partial charge in [-0.2, -0.15) is 0 Å². The standard InChI is InChI=1S/C17H18FNO5S.C16H36N/c18-16-9-5-4-8-14(16)10-15(12-25(21,22)23)19-17(20)24-11-13-6-2-1-3-7-13;1-5-9-13-17(14-10-6-2,15-11-7-3)16-12-8-4/h1-9,15H,10-12H2,(H,19,20)(H,21,22,23);5-16H2,1-4H3/q;+1/p-1/t15-;/m1./s1. The molecule has 0 aromatic heterocycles.